The van der Waals surface area contributed by atoms with Gasteiger partial charge in [-0.1, -0.05) is 48.9 Å². The Morgan fingerprint density at radius 2 is 1.85 bits per heavy atom. The van der Waals surface area contributed by atoms with Gasteiger partial charge in [-0.15, -0.1) is 0 Å². The quantitative estimate of drug-likeness (QED) is 0.884. The SMILES string of the molecule is CCc1ccc(C(O)C(C)Oc2cccc(Cl)c2)cc1. The van der Waals surface area contributed by atoms with E-state index in [0.29, 0.717) is 10.8 Å². The smallest absolute Gasteiger partial charge is 0.126 e. The maximum atomic E-state index is 10.3. The maximum Gasteiger partial charge on any atom is 0.126 e. The molecule has 2 unspecified atom stereocenters. The van der Waals surface area contributed by atoms with Gasteiger partial charge in [0.05, 0.1) is 0 Å². The summed E-state index contributed by atoms with van der Waals surface area (Å²) in [6.07, 6.45) is -0.0221. The molecular formula is C17H19ClO2. The highest BCUT2D eigenvalue weighted by Crippen LogP contribution is 2.24. The zero-order chi connectivity index (χ0) is 14.5. The monoisotopic (exact) mass is 290 g/mol. The highest BCUT2D eigenvalue weighted by molar-refractivity contribution is 6.30. The van der Waals surface area contributed by atoms with Gasteiger partial charge in [0.2, 0.25) is 0 Å². The predicted molar refractivity (Wildman–Crippen MR) is 82.3 cm³/mol. The molecule has 0 saturated carbocycles. The lowest BCUT2D eigenvalue weighted by Crippen LogP contribution is -2.21. The molecule has 0 heterocycles. The van der Waals surface area contributed by atoms with Crippen molar-refractivity contribution in [3.05, 3.63) is 64.7 Å². The molecule has 0 aliphatic heterocycles. The van der Waals surface area contributed by atoms with Gasteiger partial charge in [-0.3, -0.25) is 0 Å². The summed E-state index contributed by atoms with van der Waals surface area (Å²) in [6, 6.07) is 15.1. The normalized spacial score (nSPS) is 13.8. The van der Waals surface area contributed by atoms with Crippen molar-refractivity contribution in [1.29, 1.82) is 0 Å². The number of hydrogen-bond donors (Lipinski definition) is 1. The van der Waals surface area contributed by atoms with Crippen molar-refractivity contribution < 1.29 is 9.84 Å². The molecule has 2 rings (SSSR count). The first-order valence-corrected chi connectivity index (χ1v) is 7.17. The second-order valence-electron chi connectivity index (χ2n) is 4.82. The molecule has 106 valence electrons. The first kappa shape index (κ1) is 14.9. The summed E-state index contributed by atoms with van der Waals surface area (Å²) in [6.45, 7) is 3.95. The maximum absolute atomic E-state index is 10.3. The van der Waals surface area contributed by atoms with Gasteiger partial charge in [-0.25, -0.2) is 0 Å². The van der Waals surface area contributed by atoms with Crippen LogP contribution in [0, 0.1) is 0 Å². The minimum absolute atomic E-state index is 0.346. The number of aliphatic hydroxyl groups excluding tert-OH is 1. The van der Waals surface area contributed by atoms with E-state index < -0.39 is 6.10 Å². The highest BCUT2D eigenvalue weighted by atomic mass is 35.5. The Morgan fingerprint density at radius 3 is 2.45 bits per heavy atom. The molecule has 2 aromatic rings. The van der Waals surface area contributed by atoms with Crippen LogP contribution in [-0.4, -0.2) is 11.2 Å². The summed E-state index contributed by atoms with van der Waals surface area (Å²) in [5.74, 6) is 0.661. The zero-order valence-corrected chi connectivity index (χ0v) is 12.5. The van der Waals surface area contributed by atoms with E-state index in [1.807, 2.05) is 43.3 Å². The van der Waals surface area contributed by atoms with Crippen LogP contribution in [-0.2, 0) is 6.42 Å². The molecule has 1 N–H and O–H groups in total. The van der Waals surface area contributed by atoms with E-state index in [2.05, 4.69) is 6.92 Å². The summed E-state index contributed by atoms with van der Waals surface area (Å²) in [4.78, 5) is 0. The van der Waals surface area contributed by atoms with Gasteiger partial charge in [0, 0.05) is 5.02 Å². The first-order chi connectivity index (χ1) is 9.60. The number of rotatable bonds is 5. The van der Waals surface area contributed by atoms with Crippen molar-refractivity contribution in [2.75, 3.05) is 0 Å². The second-order valence-corrected chi connectivity index (χ2v) is 5.26. The van der Waals surface area contributed by atoms with Crippen LogP contribution in [0.5, 0.6) is 5.75 Å². The van der Waals surface area contributed by atoms with Crippen molar-refractivity contribution in [2.45, 2.75) is 32.5 Å². The van der Waals surface area contributed by atoms with Crippen LogP contribution in [0.15, 0.2) is 48.5 Å². The van der Waals surface area contributed by atoms with E-state index in [1.165, 1.54) is 5.56 Å². The number of aliphatic hydroxyl groups is 1. The van der Waals surface area contributed by atoms with Gasteiger partial charge < -0.3 is 9.84 Å². The fraction of sp³-hybridized carbons (Fsp3) is 0.294. The lowest BCUT2D eigenvalue weighted by atomic mass is 10.0. The van der Waals surface area contributed by atoms with E-state index in [4.69, 9.17) is 16.3 Å². The van der Waals surface area contributed by atoms with Gasteiger partial charge in [0.15, 0.2) is 0 Å². The second kappa shape index (κ2) is 6.78. The van der Waals surface area contributed by atoms with Crippen LogP contribution in [0.3, 0.4) is 0 Å². The molecule has 2 aromatic carbocycles. The number of ether oxygens (including phenoxy) is 1. The van der Waals surface area contributed by atoms with Crippen molar-refractivity contribution in [3.8, 4) is 5.75 Å². The zero-order valence-electron chi connectivity index (χ0n) is 11.7. The van der Waals surface area contributed by atoms with E-state index in [-0.39, 0.29) is 6.10 Å². The Kier molecular flexibility index (Phi) is 5.05. The highest BCUT2D eigenvalue weighted by Gasteiger charge is 2.18. The third-order valence-electron chi connectivity index (χ3n) is 3.29. The molecule has 0 bridgehead atoms. The number of hydrogen-bond acceptors (Lipinski definition) is 2. The molecule has 20 heavy (non-hydrogen) atoms. The Balaban J connectivity index is 2.05. The molecule has 3 heteroatoms. The molecule has 2 nitrogen and oxygen atoms in total. The minimum atomic E-state index is -0.667. The number of benzene rings is 2. The summed E-state index contributed by atoms with van der Waals surface area (Å²) >= 11 is 5.92. The Bertz CT molecular complexity index is 551. The molecule has 0 aromatic heterocycles. The van der Waals surface area contributed by atoms with Crippen LogP contribution in [0.1, 0.15) is 31.1 Å². The molecule has 0 amide bonds. The average Bonchev–Trinajstić information content (AvgIpc) is 2.46. The summed E-state index contributed by atoms with van der Waals surface area (Å²) < 4.78 is 5.73. The molecule has 2 atom stereocenters. The van der Waals surface area contributed by atoms with Crippen LogP contribution < -0.4 is 4.74 Å². The van der Waals surface area contributed by atoms with Crippen molar-refractivity contribution in [2.24, 2.45) is 0 Å². The molecule has 0 fully saturated rings. The van der Waals surface area contributed by atoms with E-state index in [1.54, 1.807) is 12.1 Å². The minimum Gasteiger partial charge on any atom is -0.488 e. The average molecular weight is 291 g/mol. The standard InChI is InChI=1S/C17H19ClO2/c1-3-13-7-9-14(10-8-13)17(19)12(2)20-16-6-4-5-15(18)11-16/h4-12,17,19H,3H2,1-2H3. The Hall–Kier alpha value is -1.51. The van der Waals surface area contributed by atoms with E-state index in [0.717, 1.165) is 12.0 Å². The van der Waals surface area contributed by atoms with Gasteiger partial charge in [-0.2, -0.15) is 0 Å². The Morgan fingerprint density at radius 1 is 1.15 bits per heavy atom. The van der Waals surface area contributed by atoms with Gasteiger partial charge in [0.25, 0.3) is 0 Å². The molecular weight excluding hydrogens is 272 g/mol. The number of halogens is 1. The summed E-state index contributed by atoms with van der Waals surface area (Å²) in [7, 11) is 0. The lowest BCUT2D eigenvalue weighted by molar-refractivity contribution is 0.0467. The van der Waals surface area contributed by atoms with Crippen LogP contribution in [0.4, 0.5) is 0 Å². The first-order valence-electron chi connectivity index (χ1n) is 6.79. The largest absolute Gasteiger partial charge is 0.488 e. The summed E-state index contributed by atoms with van der Waals surface area (Å²) in [5, 5.41) is 10.9. The van der Waals surface area contributed by atoms with Crippen LogP contribution in [0.2, 0.25) is 5.02 Å². The lowest BCUT2D eigenvalue weighted by Gasteiger charge is -2.21. The van der Waals surface area contributed by atoms with Gasteiger partial charge in [-0.05, 0) is 42.7 Å². The molecule has 0 saturated heterocycles. The van der Waals surface area contributed by atoms with Gasteiger partial charge in [0.1, 0.15) is 18.0 Å². The topological polar surface area (TPSA) is 29.5 Å². The molecule has 0 aliphatic carbocycles. The van der Waals surface area contributed by atoms with E-state index in [9.17, 15) is 5.11 Å². The van der Waals surface area contributed by atoms with Crippen molar-refractivity contribution >= 4 is 11.6 Å². The number of aryl methyl sites for hydroxylation is 1. The van der Waals surface area contributed by atoms with Gasteiger partial charge >= 0.3 is 0 Å². The Labute approximate surface area is 125 Å². The van der Waals surface area contributed by atoms with Crippen molar-refractivity contribution in [3.63, 3.8) is 0 Å². The van der Waals surface area contributed by atoms with Crippen LogP contribution in [0.25, 0.3) is 0 Å². The van der Waals surface area contributed by atoms with Crippen molar-refractivity contribution in [1.82, 2.24) is 0 Å². The molecule has 0 spiro atoms. The van der Waals surface area contributed by atoms with Crippen LogP contribution >= 0.6 is 11.6 Å². The third-order valence-corrected chi connectivity index (χ3v) is 3.53. The summed E-state index contributed by atoms with van der Waals surface area (Å²) in [5.41, 5.74) is 2.11. The third kappa shape index (κ3) is 3.75. The molecule has 0 radical (unpaired) electrons. The fourth-order valence-electron chi connectivity index (χ4n) is 2.04. The fourth-order valence-corrected chi connectivity index (χ4v) is 2.22. The molecule has 0 aliphatic rings. The predicted octanol–water partition coefficient (Wildman–Crippen LogP) is 4.40. The van der Waals surface area contributed by atoms with E-state index >= 15 is 0 Å².